The van der Waals surface area contributed by atoms with E-state index in [0.717, 1.165) is 6.07 Å². The zero-order valence-corrected chi connectivity index (χ0v) is 12.5. The summed E-state index contributed by atoms with van der Waals surface area (Å²) in [5.74, 6) is -0.870. The summed E-state index contributed by atoms with van der Waals surface area (Å²) < 4.78 is 13.2. The Labute approximate surface area is 134 Å². The van der Waals surface area contributed by atoms with E-state index >= 15 is 0 Å². The number of imidazole rings is 1. The Kier molecular flexibility index (Phi) is 3.74. The molecule has 112 valence electrons. The van der Waals surface area contributed by atoms with Crippen LogP contribution in [-0.2, 0) is 0 Å². The molecule has 2 aromatic carbocycles. The van der Waals surface area contributed by atoms with E-state index in [2.05, 4.69) is 9.97 Å². The second-order valence-corrected chi connectivity index (χ2v) is 5.35. The average Bonchev–Trinajstić information content (AvgIpc) is 2.95. The topological polar surface area (TPSA) is 76.0 Å². The summed E-state index contributed by atoms with van der Waals surface area (Å²) in [5.41, 5.74) is 1.60. The van der Waals surface area contributed by atoms with Crippen LogP contribution in [0.1, 0.15) is 5.56 Å². The number of H-pyrrole nitrogens is 1. The summed E-state index contributed by atoms with van der Waals surface area (Å²) in [7, 11) is 0. The van der Waals surface area contributed by atoms with Gasteiger partial charge in [0.25, 0.3) is 0 Å². The van der Waals surface area contributed by atoms with E-state index in [4.69, 9.17) is 28.6 Å². The Morgan fingerprint density at radius 3 is 2.77 bits per heavy atom. The predicted octanol–water partition coefficient (Wildman–Crippen LogP) is 4.23. The third-order valence-electron chi connectivity index (χ3n) is 3.10. The van der Waals surface area contributed by atoms with E-state index in [1.165, 1.54) is 24.5 Å². The average molecular weight is 339 g/mol. The van der Waals surface area contributed by atoms with Crippen molar-refractivity contribution in [1.29, 1.82) is 5.41 Å². The van der Waals surface area contributed by atoms with Gasteiger partial charge < -0.3 is 4.98 Å². The fraction of sp³-hybridized carbons (Fsp3) is 0. The highest BCUT2D eigenvalue weighted by Crippen LogP contribution is 2.26. The van der Waals surface area contributed by atoms with E-state index in [1.807, 2.05) is 0 Å². The number of amidine groups is 1. The fourth-order valence-electron chi connectivity index (χ4n) is 2.06. The Bertz CT molecular complexity index is 880. The lowest BCUT2D eigenvalue weighted by molar-refractivity contribution is 0.312. The normalized spacial score (nSPS) is 10.9. The van der Waals surface area contributed by atoms with Crippen LogP contribution in [0.15, 0.2) is 36.7 Å². The highest BCUT2D eigenvalue weighted by atomic mass is 35.5. The zero-order chi connectivity index (χ0) is 15.9. The number of halogens is 3. The molecule has 1 aromatic heterocycles. The number of hydroxylamine groups is 1. The minimum atomic E-state index is -0.609. The molecule has 3 rings (SSSR count). The maximum atomic E-state index is 13.2. The van der Waals surface area contributed by atoms with Crippen molar-refractivity contribution in [3.05, 3.63) is 58.1 Å². The molecule has 3 N–H and O–H groups in total. The predicted molar refractivity (Wildman–Crippen MR) is 83.6 cm³/mol. The molecule has 0 atom stereocenters. The van der Waals surface area contributed by atoms with Gasteiger partial charge in [0.1, 0.15) is 5.82 Å². The van der Waals surface area contributed by atoms with Crippen molar-refractivity contribution < 1.29 is 9.60 Å². The van der Waals surface area contributed by atoms with E-state index in [9.17, 15) is 9.60 Å². The van der Waals surface area contributed by atoms with Crippen LogP contribution in [0.2, 0.25) is 10.0 Å². The van der Waals surface area contributed by atoms with Crippen LogP contribution in [0.25, 0.3) is 11.0 Å². The SMILES string of the molecule is N=C(c1cc(Cl)cc2[nH]cnc12)N(O)c1ccc(F)c(Cl)c1. The minimum Gasteiger partial charge on any atom is -0.345 e. The molecule has 3 aromatic rings. The van der Waals surface area contributed by atoms with Crippen LogP contribution < -0.4 is 5.06 Å². The molecule has 0 amide bonds. The van der Waals surface area contributed by atoms with Crippen molar-refractivity contribution in [2.75, 3.05) is 5.06 Å². The summed E-state index contributed by atoms with van der Waals surface area (Å²) in [6, 6.07) is 6.81. The van der Waals surface area contributed by atoms with Crippen LogP contribution in [0.3, 0.4) is 0 Å². The fourth-order valence-corrected chi connectivity index (χ4v) is 2.45. The molecular formula is C14H9Cl2FN4O. The summed E-state index contributed by atoms with van der Waals surface area (Å²) in [6.07, 6.45) is 1.47. The second kappa shape index (κ2) is 5.57. The number of rotatable bonds is 2. The molecule has 0 radical (unpaired) electrons. The first kappa shape index (κ1) is 14.8. The molecule has 22 heavy (non-hydrogen) atoms. The van der Waals surface area contributed by atoms with Gasteiger partial charge in [-0.2, -0.15) is 0 Å². The summed E-state index contributed by atoms with van der Waals surface area (Å²) in [5, 5.41) is 19.2. The standard InChI is InChI=1S/C14H9Cl2FN4O/c15-7-3-9(13-12(4-7)19-6-20-13)14(18)21(22)8-1-2-11(17)10(16)5-8/h1-6,18,22H,(H,19,20). The summed E-state index contributed by atoms with van der Waals surface area (Å²) in [4.78, 5) is 7.00. The van der Waals surface area contributed by atoms with Gasteiger partial charge in [0.05, 0.1) is 28.1 Å². The largest absolute Gasteiger partial charge is 0.345 e. The van der Waals surface area contributed by atoms with Crippen molar-refractivity contribution >= 4 is 45.8 Å². The second-order valence-electron chi connectivity index (χ2n) is 4.51. The van der Waals surface area contributed by atoms with Gasteiger partial charge in [-0.15, -0.1) is 0 Å². The summed E-state index contributed by atoms with van der Waals surface area (Å²) in [6.45, 7) is 0. The molecular weight excluding hydrogens is 330 g/mol. The quantitative estimate of drug-likeness (QED) is 0.371. The van der Waals surface area contributed by atoms with E-state index in [0.29, 0.717) is 26.7 Å². The monoisotopic (exact) mass is 338 g/mol. The number of nitrogens with zero attached hydrogens (tertiary/aromatic N) is 2. The van der Waals surface area contributed by atoms with Crippen LogP contribution >= 0.6 is 23.2 Å². The molecule has 0 aliphatic rings. The number of anilines is 1. The van der Waals surface area contributed by atoms with Gasteiger partial charge in [0, 0.05) is 10.6 Å². The van der Waals surface area contributed by atoms with Crippen molar-refractivity contribution in [2.24, 2.45) is 0 Å². The zero-order valence-electron chi connectivity index (χ0n) is 10.9. The Hall–Kier alpha value is -2.15. The lowest BCUT2D eigenvalue weighted by Gasteiger charge is -2.18. The molecule has 0 spiro atoms. The van der Waals surface area contributed by atoms with Gasteiger partial charge in [0.2, 0.25) is 0 Å². The lowest BCUT2D eigenvalue weighted by atomic mass is 10.1. The minimum absolute atomic E-state index is 0.152. The van der Waals surface area contributed by atoms with Crippen LogP contribution in [0.5, 0.6) is 0 Å². The number of hydrogen-bond acceptors (Lipinski definition) is 3. The molecule has 1 heterocycles. The molecule has 5 nitrogen and oxygen atoms in total. The van der Waals surface area contributed by atoms with Gasteiger partial charge in [-0.25, -0.2) is 14.4 Å². The van der Waals surface area contributed by atoms with Gasteiger partial charge in [-0.1, -0.05) is 23.2 Å². The molecule has 0 saturated carbocycles. The number of fused-ring (bicyclic) bond motifs is 1. The number of nitrogens with one attached hydrogen (secondary N) is 2. The smallest absolute Gasteiger partial charge is 0.160 e. The first-order valence-electron chi connectivity index (χ1n) is 6.13. The Balaban J connectivity index is 2.04. The van der Waals surface area contributed by atoms with Crippen LogP contribution in [0.4, 0.5) is 10.1 Å². The first-order valence-corrected chi connectivity index (χ1v) is 6.88. The van der Waals surface area contributed by atoms with Crippen molar-refractivity contribution in [3.8, 4) is 0 Å². The molecule has 8 heteroatoms. The molecule has 0 bridgehead atoms. The Morgan fingerprint density at radius 2 is 2.05 bits per heavy atom. The van der Waals surface area contributed by atoms with E-state index in [-0.39, 0.29) is 16.5 Å². The van der Waals surface area contributed by atoms with E-state index in [1.54, 1.807) is 6.07 Å². The number of aromatic amines is 1. The van der Waals surface area contributed by atoms with Crippen molar-refractivity contribution in [1.82, 2.24) is 9.97 Å². The molecule has 0 saturated heterocycles. The van der Waals surface area contributed by atoms with Crippen LogP contribution in [-0.4, -0.2) is 21.0 Å². The van der Waals surface area contributed by atoms with Crippen molar-refractivity contribution in [3.63, 3.8) is 0 Å². The number of hydrogen-bond donors (Lipinski definition) is 3. The van der Waals surface area contributed by atoms with Gasteiger partial charge in [-0.05, 0) is 30.3 Å². The first-order chi connectivity index (χ1) is 10.5. The highest BCUT2D eigenvalue weighted by Gasteiger charge is 2.18. The summed E-state index contributed by atoms with van der Waals surface area (Å²) >= 11 is 11.7. The Morgan fingerprint density at radius 1 is 1.27 bits per heavy atom. The maximum absolute atomic E-state index is 13.2. The van der Waals surface area contributed by atoms with Crippen molar-refractivity contribution in [2.45, 2.75) is 0 Å². The third-order valence-corrected chi connectivity index (χ3v) is 3.61. The third kappa shape index (κ3) is 2.52. The number of aromatic nitrogens is 2. The molecule has 0 aliphatic heterocycles. The molecule has 0 fully saturated rings. The molecule has 0 unspecified atom stereocenters. The maximum Gasteiger partial charge on any atom is 0.160 e. The lowest BCUT2D eigenvalue weighted by Crippen LogP contribution is -2.27. The van der Waals surface area contributed by atoms with Gasteiger partial charge in [-0.3, -0.25) is 10.6 Å². The number of benzene rings is 2. The van der Waals surface area contributed by atoms with E-state index < -0.39 is 5.82 Å². The van der Waals surface area contributed by atoms with Gasteiger partial charge >= 0.3 is 0 Å². The highest BCUT2D eigenvalue weighted by molar-refractivity contribution is 6.32. The molecule has 0 aliphatic carbocycles. The van der Waals surface area contributed by atoms with Gasteiger partial charge in [0.15, 0.2) is 5.84 Å². The van der Waals surface area contributed by atoms with Crippen LogP contribution in [0, 0.1) is 11.2 Å².